The van der Waals surface area contributed by atoms with E-state index in [-0.39, 0.29) is 11.8 Å². The third-order valence-corrected chi connectivity index (χ3v) is 5.29. The van der Waals surface area contributed by atoms with E-state index in [1.807, 2.05) is 57.2 Å². The minimum absolute atomic E-state index is 0.0874. The molecule has 3 heterocycles. The number of aromatic nitrogens is 4. The van der Waals surface area contributed by atoms with Gasteiger partial charge in [-0.3, -0.25) is 10.1 Å². The Hall–Kier alpha value is -3.26. The first kappa shape index (κ1) is 19.1. The highest BCUT2D eigenvalue weighted by Gasteiger charge is 2.22. The molecule has 0 bridgehead atoms. The molecule has 4 rings (SSSR count). The van der Waals surface area contributed by atoms with Crippen LogP contribution < -0.4 is 10.1 Å². The number of nitrogens with one attached hydrogen (secondary N) is 1. The molecule has 3 aromatic heterocycles. The van der Waals surface area contributed by atoms with E-state index in [9.17, 15) is 4.79 Å². The average molecular weight is 407 g/mol. The van der Waals surface area contributed by atoms with Gasteiger partial charge in [-0.1, -0.05) is 31.3 Å². The fraction of sp³-hybridized carbons (Fsp3) is 0.238. The van der Waals surface area contributed by atoms with Gasteiger partial charge in [0, 0.05) is 6.20 Å². The van der Waals surface area contributed by atoms with Crippen molar-refractivity contribution in [3.8, 4) is 11.6 Å². The number of pyridine rings is 1. The maximum absolute atomic E-state index is 13.0. The zero-order valence-electron chi connectivity index (χ0n) is 16.4. The Morgan fingerprint density at radius 2 is 2.14 bits per heavy atom. The van der Waals surface area contributed by atoms with Crippen LogP contribution in [0, 0.1) is 0 Å². The highest BCUT2D eigenvalue weighted by Crippen LogP contribution is 2.30. The molecule has 4 aromatic rings. The predicted octanol–water partition coefficient (Wildman–Crippen LogP) is 4.65. The summed E-state index contributed by atoms with van der Waals surface area (Å²) in [6.07, 6.45) is 3.29. The highest BCUT2D eigenvalue weighted by atomic mass is 32.1. The molecule has 0 aliphatic rings. The molecule has 7 nitrogen and oxygen atoms in total. The number of nitrogens with zero attached hydrogens (tertiary/aromatic N) is 4. The molecule has 0 aliphatic heterocycles. The van der Waals surface area contributed by atoms with Crippen molar-refractivity contribution in [2.24, 2.45) is 0 Å². The van der Waals surface area contributed by atoms with Crippen LogP contribution in [0.5, 0.6) is 5.75 Å². The second kappa shape index (κ2) is 8.00. The largest absolute Gasteiger partial charge is 0.494 e. The normalized spacial score (nSPS) is 11.2. The number of anilines is 1. The molecule has 0 atom stereocenters. The van der Waals surface area contributed by atoms with Crippen LogP contribution in [-0.2, 0) is 0 Å². The molecule has 0 radical (unpaired) electrons. The fourth-order valence-electron chi connectivity index (χ4n) is 3.13. The molecule has 8 heteroatoms. The minimum Gasteiger partial charge on any atom is -0.494 e. The summed E-state index contributed by atoms with van der Waals surface area (Å²) in [4.78, 5) is 21.8. The van der Waals surface area contributed by atoms with Crippen molar-refractivity contribution in [2.75, 3.05) is 11.9 Å². The van der Waals surface area contributed by atoms with Crippen LogP contribution in [0.3, 0.4) is 0 Å². The van der Waals surface area contributed by atoms with Crippen LogP contribution >= 0.6 is 11.3 Å². The quantitative estimate of drug-likeness (QED) is 0.503. The second-order valence-electron chi connectivity index (χ2n) is 6.73. The summed E-state index contributed by atoms with van der Waals surface area (Å²) in [5.74, 6) is 1.32. The van der Waals surface area contributed by atoms with E-state index in [4.69, 9.17) is 4.74 Å². The number of carbonyl (C=O) groups is 1. The van der Waals surface area contributed by atoms with E-state index < -0.39 is 0 Å². The lowest BCUT2D eigenvalue weighted by atomic mass is 10.1. The molecule has 1 amide bonds. The predicted molar refractivity (Wildman–Crippen MR) is 114 cm³/mol. The second-order valence-corrected chi connectivity index (χ2v) is 7.76. The molecule has 0 unspecified atom stereocenters. The van der Waals surface area contributed by atoms with Gasteiger partial charge in [0.2, 0.25) is 0 Å². The molecule has 0 aliphatic carbocycles. The third kappa shape index (κ3) is 3.84. The summed E-state index contributed by atoms with van der Waals surface area (Å²) in [6.45, 7) is 6.60. The number of amides is 1. The minimum atomic E-state index is -0.236. The first-order valence-electron chi connectivity index (χ1n) is 9.41. The van der Waals surface area contributed by atoms with Gasteiger partial charge < -0.3 is 4.74 Å². The molecule has 0 saturated heterocycles. The third-order valence-electron chi connectivity index (χ3n) is 4.36. The van der Waals surface area contributed by atoms with Gasteiger partial charge in [0.25, 0.3) is 5.91 Å². The Morgan fingerprint density at radius 3 is 2.86 bits per heavy atom. The standard InChI is InChI=1S/C21H21N5O2S/c1-4-28-14-8-9-16-17(11-14)29-21(24-16)25-20(27)15-12-23-26(19(15)13(2)3)18-7-5-6-10-22-18/h5-13H,4H2,1-3H3,(H,24,25,27). The van der Waals surface area contributed by atoms with E-state index in [1.54, 1.807) is 17.1 Å². The molecular weight excluding hydrogens is 386 g/mol. The Kier molecular flexibility index (Phi) is 5.26. The number of rotatable bonds is 6. The molecule has 148 valence electrons. The van der Waals surface area contributed by atoms with E-state index in [1.165, 1.54) is 11.3 Å². The topological polar surface area (TPSA) is 81.9 Å². The van der Waals surface area contributed by atoms with Crippen molar-refractivity contribution in [2.45, 2.75) is 26.7 Å². The first-order valence-corrected chi connectivity index (χ1v) is 10.2. The van der Waals surface area contributed by atoms with Crippen molar-refractivity contribution < 1.29 is 9.53 Å². The monoisotopic (exact) mass is 407 g/mol. The van der Waals surface area contributed by atoms with Crippen molar-refractivity contribution in [3.63, 3.8) is 0 Å². The van der Waals surface area contributed by atoms with Crippen molar-refractivity contribution in [3.05, 3.63) is 60.0 Å². The van der Waals surface area contributed by atoms with Crippen LogP contribution in [0.1, 0.15) is 42.7 Å². The fourth-order valence-corrected chi connectivity index (χ4v) is 4.02. The Morgan fingerprint density at radius 1 is 1.28 bits per heavy atom. The summed E-state index contributed by atoms with van der Waals surface area (Å²) in [5, 5.41) is 7.86. The molecule has 0 fully saturated rings. The van der Waals surface area contributed by atoms with E-state index in [0.29, 0.717) is 23.1 Å². The summed E-state index contributed by atoms with van der Waals surface area (Å²) in [7, 11) is 0. The molecule has 0 spiro atoms. The molecule has 29 heavy (non-hydrogen) atoms. The van der Waals surface area contributed by atoms with Gasteiger partial charge in [-0.2, -0.15) is 5.10 Å². The summed E-state index contributed by atoms with van der Waals surface area (Å²) in [6, 6.07) is 11.3. The van der Waals surface area contributed by atoms with Crippen LogP contribution in [0.4, 0.5) is 5.13 Å². The molecule has 1 aromatic carbocycles. The van der Waals surface area contributed by atoms with Crippen molar-refractivity contribution in [1.29, 1.82) is 0 Å². The van der Waals surface area contributed by atoms with Crippen LogP contribution in [-0.4, -0.2) is 32.3 Å². The summed E-state index contributed by atoms with van der Waals surface area (Å²) < 4.78 is 8.21. The van der Waals surface area contributed by atoms with Crippen LogP contribution in [0.2, 0.25) is 0 Å². The lowest BCUT2D eigenvalue weighted by molar-refractivity contribution is 0.102. The van der Waals surface area contributed by atoms with Gasteiger partial charge in [-0.05, 0) is 43.2 Å². The Bertz CT molecular complexity index is 1150. The van der Waals surface area contributed by atoms with Crippen molar-refractivity contribution >= 4 is 32.6 Å². The Balaban J connectivity index is 1.63. The number of hydrogen-bond donors (Lipinski definition) is 1. The number of thiazole rings is 1. The van der Waals surface area contributed by atoms with Gasteiger partial charge >= 0.3 is 0 Å². The summed E-state index contributed by atoms with van der Waals surface area (Å²) >= 11 is 1.42. The lowest BCUT2D eigenvalue weighted by Crippen LogP contribution is -2.15. The van der Waals surface area contributed by atoms with Gasteiger partial charge in [-0.15, -0.1) is 0 Å². The van der Waals surface area contributed by atoms with E-state index in [2.05, 4.69) is 20.4 Å². The number of benzene rings is 1. The zero-order chi connectivity index (χ0) is 20.4. The van der Waals surface area contributed by atoms with Gasteiger partial charge in [0.05, 0.1) is 34.3 Å². The van der Waals surface area contributed by atoms with E-state index >= 15 is 0 Å². The lowest BCUT2D eigenvalue weighted by Gasteiger charge is -2.11. The smallest absolute Gasteiger partial charge is 0.260 e. The molecular formula is C21H21N5O2S. The maximum Gasteiger partial charge on any atom is 0.260 e. The zero-order valence-corrected chi connectivity index (χ0v) is 17.2. The number of hydrogen-bond acceptors (Lipinski definition) is 6. The van der Waals surface area contributed by atoms with Crippen LogP contribution in [0.15, 0.2) is 48.8 Å². The molecule has 0 saturated carbocycles. The van der Waals surface area contributed by atoms with Crippen molar-refractivity contribution in [1.82, 2.24) is 19.7 Å². The summed E-state index contributed by atoms with van der Waals surface area (Å²) in [5.41, 5.74) is 2.14. The maximum atomic E-state index is 13.0. The van der Waals surface area contributed by atoms with E-state index in [0.717, 1.165) is 21.7 Å². The van der Waals surface area contributed by atoms with Gasteiger partial charge in [-0.25, -0.2) is 14.6 Å². The van der Waals surface area contributed by atoms with Gasteiger partial charge in [0.15, 0.2) is 10.9 Å². The first-order chi connectivity index (χ1) is 14.1. The number of carbonyl (C=O) groups excluding carboxylic acids is 1. The number of fused-ring (bicyclic) bond motifs is 1. The highest BCUT2D eigenvalue weighted by molar-refractivity contribution is 7.22. The van der Waals surface area contributed by atoms with Gasteiger partial charge in [0.1, 0.15) is 5.75 Å². The van der Waals surface area contributed by atoms with Crippen LogP contribution in [0.25, 0.3) is 16.0 Å². The average Bonchev–Trinajstić information content (AvgIpc) is 3.32. The Labute approximate surface area is 172 Å². The molecule has 1 N–H and O–H groups in total. The SMILES string of the molecule is CCOc1ccc2nc(NC(=O)c3cnn(-c4ccccn4)c3C(C)C)sc2c1. The number of ether oxygens (including phenoxy) is 1.